The summed E-state index contributed by atoms with van der Waals surface area (Å²) in [6, 6.07) is 16.9. The number of benzene rings is 2. The highest BCUT2D eigenvalue weighted by Gasteiger charge is 2.20. The number of hydrogen-bond donors (Lipinski definition) is 0. The highest BCUT2D eigenvalue weighted by atomic mass is 19.3. The first-order valence-electron chi connectivity index (χ1n) is 9.68. The van der Waals surface area contributed by atoms with Crippen LogP contribution in [0.3, 0.4) is 0 Å². The number of carbonyl (C=O) groups is 1. The number of ether oxygens (including phenoxy) is 1. The van der Waals surface area contributed by atoms with Gasteiger partial charge >= 0.3 is 6.61 Å². The van der Waals surface area contributed by atoms with Crippen LogP contribution in [0, 0.1) is 0 Å². The van der Waals surface area contributed by atoms with E-state index in [1.807, 2.05) is 11.0 Å². The predicted molar refractivity (Wildman–Crippen MR) is 105 cm³/mol. The lowest BCUT2D eigenvalue weighted by Crippen LogP contribution is -2.49. The van der Waals surface area contributed by atoms with Gasteiger partial charge in [-0.25, -0.2) is 0 Å². The Hall–Kier alpha value is -2.47. The van der Waals surface area contributed by atoms with E-state index in [1.54, 1.807) is 12.1 Å². The average molecular weight is 388 g/mol. The Bertz CT molecular complexity index is 730. The second kappa shape index (κ2) is 10.2. The number of alkyl halides is 2. The summed E-state index contributed by atoms with van der Waals surface area (Å²) in [4.78, 5) is 16.8. The molecule has 1 amide bonds. The standard InChI is InChI=1S/C22H26F2N2O2/c23-22(24)28-20-9-6-19(7-10-20)8-11-21(27)26-16-14-25(15-17-26)13-12-18-4-2-1-3-5-18/h1-7,9-10,22H,8,11-17H2. The smallest absolute Gasteiger partial charge is 0.387 e. The molecular formula is C22H26F2N2O2. The minimum atomic E-state index is -2.82. The largest absolute Gasteiger partial charge is 0.435 e. The fraction of sp³-hybridized carbons (Fsp3) is 0.409. The lowest BCUT2D eigenvalue weighted by atomic mass is 10.1. The van der Waals surface area contributed by atoms with Crippen LogP contribution in [-0.4, -0.2) is 55.0 Å². The van der Waals surface area contributed by atoms with Crippen molar-refractivity contribution in [3.05, 3.63) is 65.7 Å². The zero-order valence-corrected chi connectivity index (χ0v) is 15.9. The van der Waals surface area contributed by atoms with Gasteiger partial charge in [-0.05, 0) is 36.1 Å². The highest BCUT2D eigenvalue weighted by Crippen LogP contribution is 2.16. The van der Waals surface area contributed by atoms with Gasteiger partial charge in [0, 0.05) is 39.1 Å². The second-order valence-corrected chi connectivity index (χ2v) is 6.98. The third-order valence-electron chi connectivity index (χ3n) is 5.06. The van der Waals surface area contributed by atoms with Crippen LogP contribution in [0.4, 0.5) is 8.78 Å². The molecule has 0 unspecified atom stereocenters. The predicted octanol–water partition coefficient (Wildman–Crippen LogP) is 3.61. The quantitative estimate of drug-likeness (QED) is 0.693. The summed E-state index contributed by atoms with van der Waals surface area (Å²) in [7, 11) is 0. The van der Waals surface area contributed by atoms with Crippen LogP contribution in [-0.2, 0) is 17.6 Å². The first-order valence-corrected chi connectivity index (χ1v) is 9.68. The summed E-state index contributed by atoms with van der Waals surface area (Å²) < 4.78 is 28.7. The average Bonchev–Trinajstić information content (AvgIpc) is 2.72. The van der Waals surface area contributed by atoms with Gasteiger partial charge in [-0.15, -0.1) is 0 Å². The maximum atomic E-state index is 12.5. The summed E-state index contributed by atoms with van der Waals surface area (Å²) >= 11 is 0. The fourth-order valence-corrected chi connectivity index (χ4v) is 3.40. The molecule has 3 rings (SSSR count). The van der Waals surface area contributed by atoms with Crippen molar-refractivity contribution in [3.8, 4) is 5.75 Å². The van der Waals surface area contributed by atoms with Crippen molar-refractivity contribution >= 4 is 5.91 Å². The Morgan fingerprint density at radius 2 is 1.54 bits per heavy atom. The van der Waals surface area contributed by atoms with Gasteiger partial charge in [-0.1, -0.05) is 42.5 Å². The molecule has 0 aliphatic carbocycles. The van der Waals surface area contributed by atoms with Crippen LogP contribution in [0.2, 0.25) is 0 Å². The number of amides is 1. The zero-order chi connectivity index (χ0) is 19.8. The molecule has 1 heterocycles. The molecule has 1 aliphatic heterocycles. The van der Waals surface area contributed by atoms with Gasteiger partial charge < -0.3 is 9.64 Å². The first kappa shape index (κ1) is 20.3. The number of nitrogens with zero attached hydrogens (tertiary/aromatic N) is 2. The van der Waals surface area contributed by atoms with Crippen LogP contribution < -0.4 is 4.74 Å². The molecule has 0 saturated carbocycles. The van der Waals surface area contributed by atoms with Crippen molar-refractivity contribution in [2.45, 2.75) is 25.9 Å². The number of aryl methyl sites for hydroxylation is 1. The van der Waals surface area contributed by atoms with Crippen LogP contribution in [0.25, 0.3) is 0 Å². The monoisotopic (exact) mass is 388 g/mol. The lowest BCUT2D eigenvalue weighted by Gasteiger charge is -2.34. The van der Waals surface area contributed by atoms with Crippen molar-refractivity contribution in [2.75, 3.05) is 32.7 Å². The van der Waals surface area contributed by atoms with Crippen molar-refractivity contribution in [1.29, 1.82) is 0 Å². The third-order valence-corrected chi connectivity index (χ3v) is 5.06. The number of piperazine rings is 1. The van der Waals surface area contributed by atoms with Crippen molar-refractivity contribution in [2.24, 2.45) is 0 Å². The molecular weight excluding hydrogens is 362 g/mol. The van der Waals surface area contributed by atoms with Crippen LogP contribution in [0.1, 0.15) is 17.5 Å². The summed E-state index contributed by atoms with van der Waals surface area (Å²) in [5.41, 5.74) is 2.28. The fourth-order valence-electron chi connectivity index (χ4n) is 3.40. The van der Waals surface area contributed by atoms with Crippen LogP contribution in [0.15, 0.2) is 54.6 Å². The molecule has 0 atom stereocenters. The number of rotatable bonds is 8. The summed E-state index contributed by atoms with van der Waals surface area (Å²) in [6.45, 7) is 1.51. The van der Waals surface area contributed by atoms with Crippen LogP contribution >= 0.6 is 0 Å². The molecule has 0 N–H and O–H groups in total. The topological polar surface area (TPSA) is 32.8 Å². The first-order chi connectivity index (χ1) is 13.6. The molecule has 0 spiro atoms. The molecule has 2 aromatic rings. The molecule has 0 radical (unpaired) electrons. The molecule has 2 aromatic carbocycles. The number of hydrogen-bond acceptors (Lipinski definition) is 3. The number of carbonyl (C=O) groups excluding carboxylic acids is 1. The van der Waals surface area contributed by atoms with Gasteiger partial charge in [-0.3, -0.25) is 9.69 Å². The molecule has 4 nitrogen and oxygen atoms in total. The van der Waals surface area contributed by atoms with E-state index in [4.69, 9.17) is 0 Å². The molecule has 0 aromatic heterocycles. The van der Waals surface area contributed by atoms with Crippen molar-refractivity contribution < 1.29 is 18.3 Å². The van der Waals surface area contributed by atoms with E-state index < -0.39 is 6.61 Å². The summed E-state index contributed by atoms with van der Waals surface area (Å²) in [5.74, 6) is 0.285. The van der Waals surface area contributed by atoms with E-state index in [0.717, 1.165) is 44.7 Å². The Morgan fingerprint density at radius 3 is 2.18 bits per heavy atom. The van der Waals surface area contributed by atoms with Gasteiger partial charge in [-0.2, -0.15) is 8.78 Å². The van der Waals surface area contributed by atoms with E-state index >= 15 is 0 Å². The van der Waals surface area contributed by atoms with E-state index in [0.29, 0.717) is 12.8 Å². The van der Waals surface area contributed by atoms with E-state index in [-0.39, 0.29) is 11.7 Å². The lowest BCUT2D eigenvalue weighted by molar-refractivity contribution is -0.132. The van der Waals surface area contributed by atoms with E-state index in [2.05, 4.69) is 33.9 Å². The maximum absolute atomic E-state index is 12.5. The molecule has 1 aliphatic rings. The van der Waals surface area contributed by atoms with Gasteiger partial charge in [0.2, 0.25) is 5.91 Å². The maximum Gasteiger partial charge on any atom is 0.387 e. The third kappa shape index (κ3) is 6.30. The normalized spacial score (nSPS) is 15.0. The Balaban J connectivity index is 1.36. The molecule has 150 valence electrons. The Labute approximate surface area is 164 Å². The molecule has 1 fully saturated rings. The molecule has 1 saturated heterocycles. The van der Waals surface area contributed by atoms with Gasteiger partial charge in [0.05, 0.1) is 0 Å². The summed E-state index contributed by atoms with van der Waals surface area (Å²) in [5, 5.41) is 0. The molecule has 0 bridgehead atoms. The summed E-state index contributed by atoms with van der Waals surface area (Å²) in [6.07, 6.45) is 2.06. The van der Waals surface area contributed by atoms with Crippen molar-refractivity contribution in [1.82, 2.24) is 9.80 Å². The van der Waals surface area contributed by atoms with Crippen molar-refractivity contribution in [3.63, 3.8) is 0 Å². The molecule has 28 heavy (non-hydrogen) atoms. The Morgan fingerprint density at radius 1 is 0.893 bits per heavy atom. The highest BCUT2D eigenvalue weighted by molar-refractivity contribution is 5.76. The van der Waals surface area contributed by atoms with Crippen LogP contribution in [0.5, 0.6) is 5.75 Å². The Kier molecular flexibility index (Phi) is 7.37. The second-order valence-electron chi connectivity index (χ2n) is 6.98. The minimum Gasteiger partial charge on any atom is -0.435 e. The molecule has 6 heteroatoms. The number of halogens is 2. The van der Waals surface area contributed by atoms with E-state index in [9.17, 15) is 13.6 Å². The van der Waals surface area contributed by atoms with E-state index in [1.165, 1.54) is 17.7 Å². The van der Waals surface area contributed by atoms with Gasteiger partial charge in [0.25, 0.3) is 0 Å². The minimum absolute atomic E-state index is 0.136. The SMILES string of the molecule is O=C(CCc1ccc(OC(F)F)cc1)N1CCN(CCc2ccccc2)CC1. The zero-order valence-electron chi connectivity index (χ0n) is 15.9. The van der Waals surface area contributed by atoms with Gasteiger partial charge in [0.1, 0.15) is 5.75 Å². The van der Waals surface area contributed by atoms with Gasteiger partial charge in [0.15, 0.2) is 0 Å².